The summed E-state index contributed by atoms with van der Waals surface area (Å²) in [5.74, 6) is 0.181. The summed E-state index contributed by atoms with van der Waals surface area (Å²) in [6.45, 7) is 8.96. The van der Waals surface area contributed by atoms with Crippen molar-refractivity contribution in [3.05, 3.63) is 29.8 Å². The Bertz CT molecular complexity index is 467. The van der Waals surface area contributed by atoms with Crippen LogP contribution in [0.4, 0.5) is 5.69 Å². The number of carbonyl (C=O) groups excluding carboxylic acids is 1. The van der Waals surface area contributed by atoms with E-state index in [2.05, 4.69) is 41.4 Å². The molecule has 1 aliphatic heterocycles. The zero-order valence-electron chi connectivity index (χ0n) is 13.8. The molecule has 0 saturated carbocycles. The number of piperazine rings is 1. The maximum atomic E-state index is 11.3. The van der Waals surface area contributed by atoms with Gasteiger partial charge in [-0.3, -0.25) is 9.69 Å². The third-order valence-electron chi connectivity index (χ3n) is 4.01. The summed E-state index contributed by atoms with van der Waals surface area (Å²) in [5.41, 5.74) is 2.43. The van der Waals surface area contributed by atoms with Crippen molar-refractivity contribution >= 4 is 11.6 Å². The van der Waals surface area contributed by atoms with Crippen LogP contribution in [0.15, 0.2) is 24.3 Å². The molecule has 5 heteroatoms. The van der Waals surface area contributed by atoms with Gasteiger partial charge in [-0.05, 0) is 24.6 Å². The summed E-state index contributed by atoms with van der Waals surface area (Å²) < 4.78 is 5.13. The fraction of sp³-hybridized carbons (Fsp3) is 0.588. The van der Waals surface area contributed by atoms with E-state index >= 15 is 0 Å². The highest BCUT2D eigenvalue weighted by atomic mass is 16.5. The van der Waals surface area contributed by atoms with Gasteiger partial charge in [0.25, 0.3) is 0 Å². The monoisotopic (exact) mass is 305 g/mol. The lowest BCUT2D eigenvalue weighted by Crippen LogP contribution is -2.47. The number of anilines is 1. The number of benzene rings is 1. The van der Waals surface area contributed by atoms with Crippen LogP contribution in [0.1, 0.15) is 19.4 Å². The van der Waals surface area contributed by atoms with Crippen molar-refractivity contribution in [3.8, 4) is 0 Å². The highest BCUT2D eigenvalue weighted by Gasteiger charge is 2.18. The largest absolute Gasteiger partial charge is 0.383 e. The lowest BCUT2D eigenvalue weighted by Gasteiger charge is -2.34. The Morgan fingerprint density at radius 3 is 2.41 bits per heavy atom. The number of carbonyl (C=O) groups is 1. The van der Waals surface area contributed by atoms with E-state index in [0.717, 1.165) is 38.4 Å². The molecule has 0 radical (unpaired) electrons. The van der Waals surface area contributed by atoms with Crippen molar-refractivity contribution < 1.29 is 9.53 Å². The summed E-state index contributed by atoms with van der Waals surface area (Å²) in [7, 11) is 1.72. The fourth-order valence-electron chi connectivity index (χ4n) is 2.76. The van der Waals surface area contributed by atoms with E-state index in [4.69, 9.17) is 4.74 Å². The van der Waals surface area contributed by atoms with Gasteiger partial charge in [0.05, 0.1) is 6.61 Å². The number of methoxy groups -OCH3 is 1. The minimum absolute atomic E-state index is 0.181. The summed E-state index contributed by atoms with van der Waals surface area (Å²) in [5, 5.41) is 3.41. The van der Waals surface area contributed by atoms with Gasteiger partial charge in [-0.1, -0.05) is 12.1 Å². The number of ether oxygens (including phenoxy) is 1. The van der Waals surface area contributed by atoms with E-state index in [0.29, 0.717) is 12.6 Å². The molecule has 1 aliphatic rings. The normalized spacial score (nSPS) is 17.3. The molecule has 5 nitrogen and oxygen atoms in total. The zero-order valence-corrected chi connectivity index (χ0v) is 13.8. The molecule has 1 aromatic carbocycles. The van der Waals surface area contributed by atoms with Crippen molar-refractivity contribution in [2.24, 2.45) is 0 Å². The first-order valence-corrected chi connectivity index (χ1v) is 7.90. The summed E-state index contributed by atoms with van der Waals surface area (Å²) in [6, 6.07) is 8.87. The average molecular weight is 305 g/mol. The van der Waals surface area contributed by atoms with Crippen molar-refractivity contribution in [3.63, 3.8) is 0 Å². The second-order valence-electron chi connectivity index (χ2n) is 5.98. The molecule has 0 unspecified atom stereocenters. The van der Waals surface area contributed by atoms with Crippen LogP contribution in [0, 0.1) is 0 Å². The van der Waals surface area contributed by atoms with E-state index in [-0.39, 0.29) is 5.91 Å². The number of nitrogens with one attached hydrogen (secondary N) is 1. The quantitative estimate of drug-likeness (QED) is 0.870. The fourth-order valence-corrected chi connectivity index (χ4v) is 2.76. The van der Waals surface area contributed by atoms with E-state index in [1.54, 1.807) is 14.0 Å². The van der Waals surface area contributed by atoms with Gasteiger partial charge < -0.3 is 15.0 Å². The number of hydrogen-bond acceptors (Lipinski definition) is 4. The molecule has 0 bridgehead atoms. The molecular weight excluding hydrogens is 278 g/mol. The lowest BCUT2D eigenvalue weighted by molar-refractivity contribution is -0.130. The van der Waals surface area contributed by atoms with E-state index < -0.39 is 0 Å². The molecule has 1 N–H and O–H groups in total. The van der Waals surface area contributed by atoms with Crippen LogP contribution in [0.5, 0.6) is 0 Å². The predicted molar refractivity (Wildman–Crippen MR) is 88.9 cm³/mol. The van der Waals surface area contributed by atoms with Crippen LogP contribution >= 0.6 is 0 Å². The molecule has 1 fully saturated rings. The number of hydrogen-bond donors (Lipinski definition) is 1. The lowest BCUT2D eigenvalue weighted by atomic mass is 10.1. The Morgan fingerprint density at radius 1 is 1.23 bits per heavy atom. The van der Waals surface area contributed by atoms with Gasteiger partial charge in [0.15, 0.2) is 0 Å². The number of nitrogens with zero attached hydrogens (tertiary/aromatic N) is 2. The van der Waals surface area contributed by atoms with Gasteiger partial charge in [0.1, 0.15) is 0 Å². The minimum Gasteiger partial charge on any atom is -0.383 e. The zero-order chi connectivity index (χ0) is 15.9. The first kappa shape index (κ1) is 16.8. The Hall–Kier alpha value is -1.59. The molecular formula is C17H27N3O2. The van der Waals surface area contributed by atoms with Gasteiger partial charge in [-0.15, -0.1) is 0 Å². The van der Waals surface area contributed by atoms with Crippen LogP contribution in [-0.4, -0.2) is 61.6 Å². The minimum atomic E-state index is 0.181. The van der Waals surface area contributed by atoms with Crippen LogP contribution in [-0.2, 0) is 16.1 Å². The first-order chi connectivity index (χ1) is 10.6. The van der Waals surface area contributed by atoms with E-state index in [1.165, 1.54) is 5.56 Å². The Kier molecular flexibility index (Phi) is 6.21. The van der Waals surface area contributed by atoms with Crippen LogP contribution in [0.3, 0.4) is 0 Å². The van der Waals surface area contributed by atoms with E-state index in [1.807, 2.05) is 4.90 Å². The van der Waals surface area contributed by atoms with Crippen molar-refractivity contribution in [1.82, 2.24) is 9.80 Å². The highest BCUT2D eigenvalue weighted by molar-refractivity contribution is 5.73. The molecule has 1 atom stereocenters. The Morgan fingerprint density at radius 2 is 1.86 bits per heavy atom. The molecule has 122 valence electrons. The molecule has 0 spiro atoms. The molecule has 1 amide bonds. The molecule has 2 rings (SSSR count). The second kappa shape index (κ2) is 8.15. The highest BCUT2D eigenvalue weighted by Crippen LogP contribution is 2.14. The van der Waals surface area contributed by atoms with Crippen LogP contribution < -0.4 is 5.32 Å². The molecule has 1 heterocycles. The standard InChI is InChI=1S/C17H27N3O2/c1-14(13-22-3)18-17-6-4-16(5-7-17)12-19-8-10-20(11-9-19)15(2)21/h4-7,14,18H,8-13H2,1-3H3/t14-/m1/s1. The second-order valence-corrected chi connectivity index (χ2v) is 5.98. The summed E-state index contributed by atoms with van der Waals surface area (Å²) >= 11 is 0. The Labute approximate surface area is 133 Å². The molecule has 1 aromatic rings. The molecule has 22 heavy (non-hydrogen) atoms. The van der Waals surface area contributed by atoms with Crippen molar-refractivity contribution in [2.75, 3.05) is 45.2 Å². The Balaban J connectivity index is 1.80. The smallest absolute Gasteiger partial charge is 0.219 e. The van der Waals surface area contributed by atoms with Crippen LogP contribution in [0.2, 0.25) is 0 Å². The van der Waals surface area contributed by atoms with Gasteiger partial charge in [0.2, 0.25) is 5.91 Å². The molecule has 0 aromatic heterocycles. The topological polar surface area (TPSA) is 44.8 Å². The average Bonchev–Trinajstić information content (AvgIpc) is 2.50. The predicted octanol–water partition coefficient (Wildman–Crippen LogP) is 1.80. The third kappa shape index (κ3) is 5.00. The maximum absolute atomic E-state index is 11.3. The SMILES string of the molecule is COC[C@@H](C)Nc1ccc(CN2CCN(C(C)=O)CC2)cc1. The van der Waals surface area contributed by atoms with Crippen molar-refractivity contribution in [1.29, 1.82) is 0 Å². The van der Waals surface area contributed by atoms with Gasteiger partial charge in [-0.2, -0.15) is 0 Å². The summed E-state index contributed by atoms with van der Waals surface area (Å²) in [4.78, 5) is 15.6. The maximum Gasteiger partial charge on any atom is 0.219 e. The molecule has 1 saturated heterocycles. The number of rotatable bonds is 6. The molecule has 0 aliphatic carbocycles. The van der Waals surface area contributed by atoms with Crippen molar-refractivity contribution in [2.45, 2.75) is 26.4 Å². The van der Waals surface area contributed by atoms with Gasteiger partial charge in [0, 0.05) is 58.5 Å². The van der Waals surface area contributed by atoms with Gasteiger partial charge >= 0.3 is 0 Å². The first-order valence-electron chi connectivity index (χ1n) is 7.90. The van der Waals surface area contributed by atoms with Crippen LogP contribution in [0.25, 0.3) is 0 Å². The third-order valence-corrected chi connectivity index (χ3v) is 4.01. The summed E-state index contributed by atoms with van der Waals surface area (Å²) in [6.07, 6.45) is 0. The number of amides is 1. The van der Waals surface area contributed by atoms with E-state index in [9.17, 15) is 4.79 Å². The van der Waals surface area contributed by atoms with Gasteiger partial charge in [-0.25, -0.2) is 0 Å².